The van der Waals surface area contributed by atoms with Gasteiger partial charge in [-0.15, -0.1) is 0 Å². The van der Waals surface area contributed by atoms with E-state index < -0.39 is 12.4 Å². The minimum atomic E-state index is -2.58. The summed E-state index contributed by atoms with van der Waals surface area (Å²) in [6.07, 6.45) is -0.123. The second-order valence-electron chi connectivity index (χ2n) is 2.76. The number of nitrogens with zero attached hydrogens (tertiary/aromatic N) is 1. The van der Waals surface area contributed by atoms with E-state index in [1.807, 2.05) is 0 Å². The van der Waals surface area contributed by atoms with Gasteiger partial charge in [0.05, 0.1) is 13.5 Å². The number of hydrogen-bond donors (Lipinski definition) is 0. The van der Waals surface area contributed by atoms with Crippen LogP contribution in [0.4, 0.5) is 8.78 Å². The topological polar surface area (TPSA) is 39.2 Å². The summed E-state index contributed by atoms with van der Waals surface area (Å²) in [5.41, 5.74) is 0.303. The maximum Gasteiger partial charge on any atom is 0.310 e. The van der Waals surface area contributed by atoms with Crippen molar-refractivity contribution in [1.82, 2.24) is 4.98 Å². The van der Waals surface area contributed by atoms with E-state index in [2.05, 4.69) is 9.72 Å². The second kappa shape index (κ2) is 5.34. The van der Waals surface area contributed by atoms with Crippen LogP contribution in [0.1, 0.15) is 17.6 Å². The fourth-order valence-corrected chi connectivity index (χ4v) is 1.71. The molecule has 0 radical (unpaired) electrons. The molecule has 0 spiro atoms. The van der Waals surface area contributed by atoms with E-state index in [1.165, 1.54) is 13.3 Å². The van der Waals surface area contributed by atoms with Crippen molar-refractivity contribution >= 4 is 28.6 Å². The van der Waals surface area contributed by atoms with Crippen molar-refractivity contribution in [3.63, 3.8) is 0 Å². The van der Waals surface area contributed by atoms with E-state index in [9.17, 15) is 13.6 Å². The van der Waals surface area contributed by atoms with Gasteiger partial charge >= 0.3 is 5.97 Å². The number of esters is 1. The number of carbonyl (C=O) groups is 1. The summed E-state index contributed by atoms with van der Waals surface area (Å²) in [5.74, 6) is -0.471. The monoisotopic (exact) mass is 327 g/mol. The number of carbonyl (C=O) groups excluding carboxylic acids is 1. The molecule has 6 heteroatoms. The Hall–Kier alpha value is -0.790. The minimum absolute atomic E-state index is 0.0394. The normalized spacial score (nSPS) is 10.5. The predicted molar refractivity (Wildman–Crippen MR) is 57.6 cm³/mol. The highest BCUT2D eigenvalue weighted by molar-refractivity contribution is 14.1. The Kier molecular flexibility index (Phi) is 4.37. The number of hydrogen-bond acceptors (Lipinski definition) is 3. The third kappa shape index (κ3) is 3.08. The van der Waals surface area contributed by atoms with E-state index in [0.29, 0.717) is 9.13 Å². The molecular weight excluding hydrogens is 319 g/mol. The van der Waals surface area contributed by atoms with Gasteiger partial charge in [0.1, 0.15) is 0 Å². The molecule has 0 unspecified atom stereocenters. The van der Waals surface area contributed by atoms with Crippen LogP contribution in [0.15, 0.2) is 12.4 Å². The van der Waals surface area contributed by atoms with E-state index >= 15 is 0 Å². The highest BCUT2D eigenvalue weighted by Crippen LogP contribution is 2.26. The molecule has 1 heterocycles. The van der Waals surface area contributed by atoms with Crippen LogP contribution < -0.4 is 0 Å². The Morgan fingerprint density at radius 3 is 2.80 bits per heavy atom. The first-order chi connectivity index (χ1) is 7.06. The lowest BCUT2D eigenvalue weighted by Crippen LogP contribution is -2.07. The van der Waals surface area contributed by atoms with E-state index in [4.69, 9.17) is 0 Å². The predicted octanol–water partition coefficient (Wildman–Crippen LogP) is 2.34. The summed E-state index contributed by atoms with van der Waals surface area (Å²) in [4.78, 5) is 14.6. The van der Waals surface area contributed by atoms with E-state index in [-0.39, 0.29) is 12.0 Å². The van der Waals surface area contributed by atoms with Crippen LogP contribution in [0.25, 0.3) is 0 Å². The van der Waals surface area contributed by atoms with Gasteiger partial charge < -0.3 is 4.74 Å². The number of rotatable bonds is 3. The number of halogens is 3. The molecule has 0 aromatic carbocycles. The summed E-state index contributed by atoms with van der Waals surface area (Å²) in [5, 5.41) is 0. The molecule has 1 aromatic heterocycles. The number of pyridine rings is 1. The van der Waals surface area contributed by atoms with Crippen molar-refractivity contribution in [2.24, 2.45) is 0 Å². The molecule has 0 atom stereocenters. The zero-order valence-electron chi connectivity index (χ0n) is 7.84. The summed E-state index contributed by atoms with van der Waals surface area (Å²) < 4.78 is 29.7. The molecule has 0 saturated heterocycles. The number of methoxy groups -OCH3 is 1. The van der Waals surface area contributed by atoms with Crippen molar-refractivity contribution in [3.05, 3.63) is 27.1 Å². The fourth-order valence-electron chi connectivity index (χ4n) is 1.01. The van der Waals surface area contributed by atoms with Gasteiger partial charge in [0.25, 0.3) is 6.43 Å². The third-order valence-electron chi connectivity index (χ3n) is 1.78. The summed E-state index contributed by atoms with van der Waals surface area (Å²) >= 11 is 1.78. The molecule has 0 N–H and O–H groups in total. The van der Waals surface area contributed by atoms with Crippen LogP contribution in [-0.4, -0.2) is 18.1 Å². The lowest BCUT2D eigenvalue weighted by molar-refractivity contribution is -0.139. The summed E-state index contributed by atoms with van der Waals surface area (Å²) in [7, 11) is 1.25. The van der Waals surface area contributed by atoms with Crippen molar-refractivity contribution in [2.45, 2.75) is 12.8 Å². The average Bonchev–Trinajstić information content (AvgIpc) is 2.20. The first kappa shape index (κ1) is 12.3. The van der Waals surface area contributed by atoms with Gasteiger partial charge in [-0.1, -0.05) is 0 Å². The van der Waals surface area contributed by atoms with Crippen molar-refractivity contribution in [3.8, 4) is 0 Å². The molecule has 0 aliphatic heterocycles. The second-order valence-corrected chi connectivity index (χ2v) is 3.83. The lowest BCUT2D eigenvalue weighted by atomic mass is 10.1. The number of ether oxygens (including phenoxy) is 1. The zero-order valence-corrected chi connectivity index (χ0v) is 9.99. The number of aromatic nitrogens is 1. The van der Waals surface area contributed by atoms with Gasteiger partial charge in [-0.2, -0.15) is 0 Å². The van der Waals surface area contributed by atoms with Crippen LogP contribution in [-0.2, 0) is 16.0 Å². The molecule has 0 fully saturated rings. The molecule has 0 aliphatic rings. The molecule has 1 rings (SSSR count). The standard InChI is InChI=1S/C9H8F2INO2/c1-15-7(14)2-5-3-13-4-6(8(5)12)9(10)11/h3-4,9H,2H2,1H3. The van der Waals surface area contributed by atoms with Crippen LogP contribution in [0, 0.1) is 3.57 Å². The Labute approximate surface area is 99.0 Å². The lowest BCUT2D eigenvalue weighted by Gasteiger charge is -2.07. The summed E-state index contributed by atoms with van der Waals surface area (Å²) in [6, 6.07) is 0. The van der Waals surface area contributed by atoms with Crippen LogP contribution >= 0.6 is 22.6 Å². The molecule has 3 nitrogen and oxygen atoms in total. The highest BCUT2D eigenvalue weighted by Gasteiger charge is 2.16. The minimum Gasteiger partial charge on any atom is -0.469 e. The van der Waals surface area contributed by atoms with Crippen LogP contribution in [0.5, 0.6) is 0 Å². The van der Waals surface area contributed by atoms with Gasteiger partial charge in [-0.3, -0.25) is 9.78 Å². The quantitative estimate of drug-likeness (QED) is 0.632. The molecule has 0 aliphatic carbocycles. The molecule has 0 saturated carbocycles. The highest BCUT2D eigenvalue weighted by atomic mass is 127. The molecular formula is C9H8F2INO2. The summed E-state index contributed by atoms with van der Waals surface area (Å²) in [6.45, 7) is 0. The van der Waals surface area contributed by atoms with E-state index in [0.717, 1.165) is 6.20 Å². The molecule has 0 bridgehead atoms. The molecule has 82 valence electrons. The van der Waals surface area contributed by atoms with Crippen molar-refractivity contribution in [1.29, 1.82) is 0 Å². The van der Waals surface area contributed by atoms with Gasteiger partial charge in [0.2, 0.25) is 0 Å². The molecule has 15 heavy (non-hydrogen) atoms. The van der Waals surface area contributed by atoms with Crippen LogP contribution in [0.3, 0.4) is 0 Å². The Morgan fingerprint density at radius 1 is 1.60 bits per heavy atom. The fraction of sp³-hybridized carbons (Fsp3) is 0.333. The first-order valence-corrected chi connectivity index (χ1v) is 5.11. The van der Waals surface area contributed by atoms with Crippen molar-refractivity contribution < 1.29 is 18.3 Å². The van der Waals surface area contributed by atoms with Gasteiger partial charge in [-0.25, -0.2) is 8.78 Å². The maximum atomic E-state index is 12.5. The maximum absolute atomic E-state index is 12.5. The zero-order chi connectivity index (χ0) is 11.4. The smallest absolute Gasteiger partial charge is 0.310 e. The van der Waals surface area contributed by atoms with Gasteiger partial charge in [0, 0.05) is 21.5 Å². The largest absolute Gasteiger partial charge is 0.469 e. The van der Waals surface area contributed by atoms with Gasteiger partial charge in [-0.05, 0) is 28.2 Å². The SMILES string of the molecule is COC(=O)Cc1cncc(C(F)F)c1I. The van der Waals surface area contributed by atoms with Gasteiger partial charge in [0.15, 0.2) is 0 Å². The first-order valence-electron chi connectivity index (χ1n) is 4.03. The Morgan fingerprint density at radius 2 is 2.27 bits per heavy atom. The van der Waals surface area contributed by atoms with E-state index in [1.54, 1.807) is 22.6 Å². The molecule has 0 amide bonds. The Bertz CT molecular complexity index is 371. The average molecular weight is 327 g/mol. The Balaban J connectivity index is 2.99. The van der Waals surface area contributed by atoms with Crippen molar-refractivity contribution in [2.75, 3.05) is 7.11 Å². The van der Waals surface area contributed by atoms with Crippen LogP contribution in [0.2, 0.25) is 0 Å². The number of alkyl halides is 2. The third-order valence-corrected chi connectivity index (χ3v) is 3.09. The molecule has 1 aromatic rings.